The molecule has 3 aromatic carbocycles. The molecule has 0 saturated carbocycles. The Morgan fingerprint density at radius 2 is 1.56 bits per heavy atom. The van der Waals surface area contributed by atoms with Gasteiger partial charge in [-0.15, -0.1) is 0 Å². The summed E-state index contributed by atoms with van der Waals surface area (Å²) in [5, 5.41) is 6.45. The predicted molar refractivity (Wildman–Crippen MR) is 125 cm³/mol. The minimum absolute atomic E-state index is 0.00198. The SMILES string of the molecule is CN(C)c1ccc(/C=C(\NC(=O)c2ccccc2)C(=O)N/N=C/c2ccccc2F)cc1. The molecule has 0 aromatic heterocycles. The van der Waals surface area contributed by atoms with E-state index >= 15 is 0 Å². The molecule has 0 spiro atoms. The summed E-state index contributed by atoms with van der Waals surface area (Å²) in [6, 6.07) is 22.1. The minimum atomic E-state index is -0.640. The number of halogens is 1. The van der Waals surface area contributed by atoms with E-state index in [9.17, 15) is 14.0 Å². The number of hydrogen-bond acceptors (Lipinski definition) is 4. The third-order valence-corrected chi connectivity index (χ3v) is 4.52. The van der Waals surface area contributed by atoms with Gasteiger partial charge in [0.2, 0.25) is 0 Å². The Labute approximate surface area is 186 Å². The van der Waals surface area contributed by atoms with E-state index in [0.29, 0.717) is 11.1 Å². The summed E-state index contributed by atoms with van der Waals surface area (Å²) < 4.78 is 13.7. The predicted octanol–water partition coefficient (Wildman–Crippen LogP) is 3.81. The van der Waals surface area contributed by atoms with Gasteiger partial charge in [-0.05, 0) is 42.0 Å². The number of hydrogen-bond donors (Lipinski definition) is 2. The number of amides is 2. The van der Waals surface area contributed by atoms with E-state index in [0.717, 1.165) is 5.69 Å². The maximum Gasteiger partial charge on any atom is 0.287 e. The molecule has 0 aliphatic carbocycles. The highest BCUT2D eigenvalue weighted by Gasteiger charge is 2.14. The van der Waals surface area contributed by atoms with Gasteiger partial charge in [-0.2, -0.15) is 5.10 Å². The fourth-order valence-electron chi connectivity index (χ4n) is 2.78. The quantitative estimate of drug-likeness (QED) is 0.340. The maximum atomic E-state index is 13.7. The smallest absolute Gasteiger partial charge is 0.287 e. The molecule has 0 aliphatic heterocycles. The van der Waals surface area contributed by atoms with Gasteiger partial charge in [-0.25, -0.2) is 9.82 Å². The standard InChI is InChI=1S/C25H23FN4O2/c1-30(2)21-14-12-18(13-15-21)16-23(28-24(31)19-8-4-3-5-9-19)25(32)29-27-17-20-10-6-7-11-22(20)26/h3-17H,1-2H3,(H,28,31)(H,29,32)/b23-16-,27-17+. The number of benzene rings is 3. The van der Waals surface area contributed by atoms with Crippen molar-refractivity contribution < 1.29 is 14.0 Å². The van der Waals surface area contributed by atoms with Crippen LogP contribution in [0.25, 0.3) is 6.08 Å². The molecule has 0 aliphatic rings. The highest BCUT2D eigenvalue weighted by atomic mass is 19.1. The molecule has 0 unspecified atom stereocenters. The molecule has 7 heteroatoms. The van der Waals surface area contributed by atoms with Crippen molar-refractivity contribution in [3.05, 3.63) is 107 Å². The number of carbonyl (C=O) groups is 2. The van der Waals surface area contributed by atoms with Crippen molar-refractivity contribution in [2.75, 3.05) is 19.0 Å². The van der Waals surface area contributed by atoms with Crippen molar-refractivity contribution >= 4 is 29.8 Å². The van der Waals surface area contributed by atoms with Crippen LogP contribution in [-0.2, 0) is 4.79 Å². The van der Waals surface area contributed by atoms with E-state index in [4.69, 9.17) is 0 Å². The zero-order valence-corrected chi connectivity index (χ0v) is 17.7. The topological polar surface area (TPSA) is 73.8 Å². The number of hydrazone groups is 1. The summed E-state index contributed by atoms with van der Waals surface area (Å²) in [6.45, 7) is 0. The van der Waals surface area contributed by atoms with Crippen LogP contribution < -0.4 is 15.6 Å². The van der Waals surface area contributed by atoms with Gasteiger partial charge in [0.25, 0.3) is 11.8 Å². The first kappa shape index (κ1) is 22.4. The van der Waals surface area contributed by atoms with Crippen LogP contribution >= 0.6 is 0 Å². The molecule has 2 N–H and O–H groups in total. The van der Waals surface area contributed by atoms with Crippen LogP contribution in [0.5, 0.6) is 0 Å². The zero-order valence-electron chi connectivity index (χ0n) is 17.7. The summed E-state index contributed by atoms with van der Waals surface area (Å²) >= 11 is 0. The van der Waals surface area contributed by atoms with Crippen LogP contribution in [-0.4, -0.2) is 32.1 Å². The average molecular weight is 430 g/mol. The van der Waals surface area contributed by atoms with Gasteiger partial charge in [-0.1, -0.05) is 48.5 Å². The third-order valence-electron chi connectivity index (χ3n) is 4.52. The van der Waals surface area contributed by atoms with Crippen LogP contribution in [0.4, 0.5) is 10.1 Å². The Morgan fingerprint density at radius 1 is 0.906 bits per heavy atom. The van der Waals surface area contributed by atoms with Gasteiger partial charge in [0.05, 0.1) is 6.21 Å². The van der Waals surface area contributed by atoms with E-state index in [1.807, 2.05) is 43.3 Å². The van der Waals surface area contributed by atoms with E-state index in [-0.39, 0.29) is 11.3 Å². The summed E-state index contributed by atoms with van der Waals surface area (Å²) in [4.78, 5) is 27.3. The molecule has 2 amide bonds. The van der Waals surface area contributed by atoms with Crippen molar-refractivity contribution in [3.8, 4) is 0 Å². The highest BCUT2D eigenvalue weighted by molar-refractivity contribution is 6.05. The normalized spacial score (nSPS) is 11.3. The van der Waals surface area contributed by atoms with E-state index in [1.54, 1.807) is 48.5 Å². The van der Waals surface area contributed by atoms with E-state index < -0.39 is 17.6 Å². The lowest BCUT2D eigenvalue weighted by atomic mass is 10.1. The first-order valence-electron chi connectivity index (χ1n) is 9.87. The van der Waals surface area contributed by atoms with Crippen LogP contribution in [0.1, 0.15) is 21.5 Å². The Bertz CT molecular complexity index is 1140. The number of anilines is 1. The fraction of sp³-hybridized carbons (Fsp3) is 0.0800. The molecule has 0 saturated heterocycles. The second-order valence-corrected chi connectivity index (χ2v) is 7.08. The molecule has 0 atom stereocenters. The van der Waals surface area contributed by atoms with Gasteiger partial charge in [-0.3, -0.25) is 9.59 Å². The molecule has 0 bridgehead atoms. The van der Waals surface area contributed by atoms with Crippen LogP contribution in [0.2, 0.25) is 0 Å². The summed E-state index contributed by atoms with van der Waals surface area (Å²) in [5.41, 5.74) is 4.69. The molecule has 0 fully saturated rings. The van der Waals surface area contributed by atoms with E-state index in [2.05, 4.69) is 15.8 Å². The molecular weight excluding hydrogens is 407 g/mol. The Morgan fingerprint density at radius 3 is 2.22 bits per heavy atom. The van der Waals surface area contributed by atoms with E-state index in [1.165, 1.54) is 18.3 Å². The maximum absolute atomic E-state index is 13.7. The monoisotopic (exact) mass is 430 g/mol. The van der Waals surface area contributed by atoms with Crippen molar-refractivity contribution in [3.63, 3.8) is 0 Å². The van der Waals surface area contributed by atoms with Gasteiger partial charge < -0.3 is 10.2 Å². The van der Waals surface area contributed by atoms with Crippen molar-refractivity contribution in [2.24, 2.45) is 5.10 Å². The highest BCUT2D eigenvalue weighted by Crippen LogP contribution is 2.14. The van der Waals surface area contributed by atoms with Gasteiger partial charge in [0.15, 0.2) is 0 Å². The van der Waals surface area contributed by atoms with Gasteiger partial charge in [0.1, 0.15) is 11.5 Å². The summed E-state index contributed by atoms with van der Waals surface area (Å²) in [5.74, 6) is -1.53. The molecule has 0 radical (unpaired) electrons. The van der Waals surface area contributed by atoms with Crippen LogP contribution in [0.15, 0.2) is 89.7 Å². The number of nitrogens with one attached hydrogen (secondary N) is 2. The zero-order chi connectivity index (χ0) is 22.9. The molecule has 6 nitrogen and oxygen atoms in total. The van der Waals surface area contributed by atoms with Crippen LogP contribution in [0, 0.1) is 5.82 Å². The Balaban J connectivity index is 1.82. The van der Waals surface area contributed by atoms with Crippen molar-refractivity contribution in [2.45, 2.75) is 0 Å². The lowest BCUT2D eigenvalue weighted by Crippen LogP contribution is -2.32. The lowest BCUT2D eigenvalue weighted by molar-refractivity contribution is -0.117. The number of rotatable bonds is 7. The summed E-state index contributed by atoms with van der Waals surface area (Å²) in [7, 11) is 3.86. The number of carbonyl (C=O) groups excluding carboxylic acids is 2. The van der Waals surface area contributed by atoms with Crippen molar-refractivity contribution in [1.29, 1.82) is 0 Å². The van der Waals surface area contributed by atoms with Crippen LogP contribution in [0.3, 0.4) is 0 Å². The Kier molecular flexibility index (Phi) is 7.48. The molecule has 32 heavy (non-hydrogen) atoms. The lowest BCUT2D eigenvalue weighted by Gasteiger charge is -2.12. The Hall–Kier alpha value is -4.26. The first-order chi connectivity index (χ1) is 15.4. The largest absolute Gasteiger partial charge is 0.378 e. The molecule has 0 heterocycles. The third kappa shape index (κ3) is 6.12. The van der Waals surface area contributed by atoms with Gasteiger partial charge >= 0.3 is 0 Å². The second kappa shape index (κ2) is 10.7. The molecular formula is C25H23FN4O2. The first-order valence-corrected chi connectivity index (χ1v) is 9.87. The number of nitrogens with zero attached hydrogens (tertiary/aromatic N) is 2. The van der Waals surface area contributed by atoms with Crippen molar-refractivity contribution in [1.82, 2.24) is 10.7 Å². The average Bonchev–Trinajstić information content (AvgIpc) is 2.80. The molecule has 3 rings (SSSR count). The molecule has 3 aromatic rings. The fourth-order valence-corrected chi connectivity index (χ4v) is 2.78. The molecule has 162 valence electrons. The minimum Gasteiger partial charge on any atom is -0.378 e. The van der Waals surface area contributed by atoms with Gasteiger partial charge in [0, 0.05) is 30.9 Å². The second-order valence-electron chi connectivity index (χ2n) is 7.08. The summed E-state index contributed by atoms with van der Waals surface area (Å²) in [6.07, 6.45) is 2.75.